The van der Waals surface area contributed by atoms with Crippen LogP contribution in [0.2, 0.25) is 0 Å². The van der Waals surface area contributed by atoms with E-state index in [1.807, 2.05) is 0 Å². The molecule has 0 unspecified atom stereocenters. The van der Waals surface area contributed by atoms with Crippen molar-refractivity contribution in [3.05, 3.63) is 82.9 Å². The van der Waals surface area contributed by atoms with E-state index in [1.165, 1.54) is 68.0 Å². The van der Waals surface area contributed by atoms with Crippen molar-refractivity contribution in [3.8, 4) is 0 Å². The molecule has 208 valence electrons. The number of fused-ring (bicyclic) bond motifs is 2. The van der Waals surface area contributed by atoms with E-state index >= 15 is 0 Å². The Kier molecular flexibility index (Phi) is 13.2. The van der Waals surface area contributed by atoms with Gasteiger partial charge in [-0.2, -0.15) is 0 Å². The summed E-state index contributed by atoms with van der Waals surface area (Å²) in [6, 6.07) is 22.8. The molecule has 0 aliphatic carbocycles. The number of benzene rings is 2. The zero-order valence-corrected chi connectivity index (χ0v) is 29.7. The third kappa shape index (κ3) is 9.01. The zero-order valence-electron chi connectivity index (χ0n) is 25.7. The van der Waals surface area contributed by atoms with Crippen molar-refractivity contribution in [2.24, 2.45) is 0 Å². The predicted octanol–water partition coefficient (Wildman–Crippen LogP) is 4.28. The summed E-state index contributed by atoms with van der Waals surface area (Å²) >= 11 is 1.30. The molecule has 0 saturated heterocycles. The van der Waals surface area contributed by atoms with E-state index in [0.29, 0.717) is 0 Å². The predicted molar refractivity (Wildman–Crippen MR) is 161 cm³/mol. The molecule has 4 aromatic carbocycles. The quantitative estimate of drug-likeness (QED) is 0.255. The molecular formula is C35H48Cl2Zr-2. The van der Waals surface area contributed by atoms with E-state index in [-0.39, 0.29) is 46.5 Å². The topological polar surface area (TPSA) is 0 Å². The van der Waals surface area contributed by atoms with Crippen LogP contribution in [0.15, 0.2) is 60.7 Å². The van der Waals surface area contributed by atoms with Crippen LogP contribution in [0, 0.1) is 0 Å². The van der Waals surface area contributed by atoms with E-state index in [9.17, 15) is 0 Å². The molecule has 4 aromatic rings. The Morgan fingerprint density at radius 3 is 1.03 bits per heavy atom. The average molecular weight is 631 g/mol. The normalized spacial score (nSPS) is 12.1. The van der Waals surface area contributed by atoms with Crippen molar-refractivity contribution < 1.29 is 49.0 Å². The third-order valence-electron chi connectivity index (χ3n) is 6.89. The molecule has 0 heterocycles. The minimum atomic E-state index is 0. The van der Waals surface area contributed by atoms with Gasteiger partial charge in [-0.3, -0.25) is 0 Å². The smallest absolute Gasteiger partial charge is 1.00 e. The molecule has 0 N–H and O–H groups in total. The van der Waals surface area contributed by atoms with Crippen LogP contribution in [0.5, 0.6) is 0 Å². The van der Waals surface area contributed by atoms with Crippen LogP contribution in [-0.4, -0.2) is 4.21 Å². The molecule has 0 atom stereocenters. The standard InChI is InChI=1S/2C17H23.CH2.2ClH.Zr/c2*1-16(2,3)13-9-7-12-8-10-15(14(12)11-13)17(4,5)6;;;;/h2*7-11H,1-6H3;1H2;2*1H;/q2*-1;;;;+2/p-2. The molecule has 4 rings (SSSR count). The van der Waals surface area contributed by atoms with Crippen molar-refractivity contribution in [1.29, 1.82) is 0 Å². The molecular weight excluding hydrogens is 583 g/mol. The maximum Gasteiger partial charge on any atom is -1.00 e. The minimum Gasteiger partial charge on any atom is -1.00 e. The molecule has 3 heteroatoms. The van der Waals surface area contributed by atoms with Crippen molar-refractivity contribution in [2.75, 3.05) is 0 Å². The van der Waals surface area contributed by atoms with Crippen LogP contribution in [0.3, 0.4) is 0 Å². The van der Waals surface area contributed by atoms with Crippen molar-refractivity contribution in [3.63, 3.8) is 0 Å². The van der Waals surface area contributed by atoms with E-state index in [4.69, 9.17) is 0 Å². The maximum absolute atomic E-state index is 3.34. The number of hydrogen-bond acceptors (Lipinski definition) is 0. The van der Waals surface area contributed by atoms with E-state index in [1.54, 1.807) is 0 Å². The van der Waals surface area contributed by atoms with Crippen molar-refractivity contribution in [2.45, 2.75) is 105 Å². The van der Waals surface area contributed by atoms with Gasteiger partial charge in [0.1, 0.15) is 0 Å². The van der Waals surface area contributed by atoms with Gasteiger partial charge in [-0.25, -0.2) is 0 Å². The van der Waals surface area contributed by atoms with Gasteiger partial charge in [0.2, 0.25) is 0 Å². The Hall–Kier alpha value is -1.01. The number of halogens is 2. The van der Waals surface area contributed by atoms with Crippen LogP contribution in [0.1, 0.15) is 105 Å². The first-order chi connectivity index (χ1) is 16.4. The summed E-state index contributed by atoms with van der Waals surface area (Å²) in [5.74, 6) is 0. The number of rotatable bonds is 0. The second kappa shape index (κ2) is 13.6. The minimum absolute atomic E-state index is 0. The molecule has 38 heavy (non-hydrogen) atoms. The molecule has 0 spiro atoms. The van der Waals surface area contributed by atoms with Crippen LogP contribution in [0.25, 0.3) is 21.5 Å². The molecule has 0 bridgehead atoms. The molecule has 0 aliphatic heterocycles. The fourth-order valence-electron chi connectivity index (χ4n) is 4.64. The first-order valence-electron chi connectivity index (χ1n) is 13.2. The van der Waals surface area contributed by atoms with Crippen LogP contribution in [0.4, 0.5) is 0 Å². The number of hydrogen-bond donors (Lipinski definition) is 0. The Bertz CT molecular complexity index is 1190. The average Bonchev–Trinajstić information content (AvgIpc) is 3.37. The summed E-state index contributed by atoms with van der Waals surface area (Å²) in [4.78, 5) is 0. The van der Waals surface area contributed by atoms with E-state index in [0.717, 1.165) is 0 Å². The SMILES string of the molecule is CC(C)(C)c1ccc2[cH-]cc(C(C)(C)C)c2c1.CC(C)(C)c1ccc2[cH-]cc(C(C)(C)C)c2c1.[CH2]=[Zr+2].[Cl-].[Cl-]. The molecule has 0 radical (unpaired) electrons. The summed E-state index contributed by atoms with van der Waals surface area (Å²) < 4.78 is 3.34. The van der Waals surface area contributed by atoms with Gasteiger partial charge < -0.3 is 24.8 Å². The van der Waals surface area contributed by atoms with Gasteiger partial charge in [0.25, 0.3) is 0 Å². The summed E-state index contributed by atoms with van der Waals surface area (Å²) in [5.41, 5.74) is 6.64. The molecule has 0 fully saturated rings. The summed E-state index contributed by atoms with van der Waals surface area (Å²) in [7, 11) is 0. The third-order valence-corrected chi connectivity index (χ3v) is 6.89. The van der Waals surface area contributed by atoms with Gasteiger partial charge in [-0.1, -0.05) is 105 Å². The van der Waals surface area contributed by atoms with Gasteiger partial charge >= 0.3 is 28.4 Å². The Morgan fingerprint density at radius 2 is 0.789 bits per heavy atom. The fourth-order valence-corrected chi connectivity index (χ4v) is 4.64. The summed E-state index contributed by atoms with van der Waals surface area (Å²) in [5, 5.41) is 5.57. The van der Waals surface area contributed by atoms with Crippen LogP contribution < -0.4 is 24.8 Å². The van der Waals surface area contributed by atoms with Crippen molar-refractivity contribution in [1.82, 2.24) is 0 Å². The molecule has 0 nitrogen and oxygen atoms in total. The molecule has 0 aliphatic rings. The van der Waals surface area contributed by atoms with Crippen LogP contribution in [-0.2, 0) is 45.9 Å². The van der Waals surface area contributed by atoms with Gasteiger partial charge in [0, 0.05) is 0 Å². The van der Waals surface area contributed by atoms with Gasteiger partial charge in [0.05, 0.1) is 0 Å². The Morgan fingerprint density at radius 1 is 0.500 bits per heavy atom. The Labute approximate surface area is 260 Å². The summed E-state index contributed by atoms with van der Waals surface area (Å²) in [6.45, 7) is 27.3. The zero-order chi connectivity index (χ0) is 27.7. The van der Waals surface area contributed by atoms with Crippen molar-refractivity contribution >= 4 is 25.8 Å². The van der Waals surface area contributed by atoms with E-state index in [2.05, 4.69) is 148 Å². The first kappa shape index (κ1) is 37.0. The maximum atomic E-state index is 3.34. The second-order valence-electron chi connectivity index (χ2n) is 14.1. The fraction of sp³-hybridized carbons (Fsp3) is 0.457. The molecule has 0 saturated carbocycles. The van der Waals surface area contributed by atoms with Crippen LogP contribution >= 0.6 is 0 Å². The largest absolute Gasteiger partial charge is 1.00 e. The van der Waals surface area contributed by atoms with Gasteiger partial charge in [-0.05, 0) is 10.8 Å². The summed E-state index contributed by atoms with van der Waals surface area (Å²) in [6.07, 6.45) is 0. The first-order valence-corrected chi connectivity index (χ1v) is 14.9. The van der Waals surface area contributed by atoms with Gasteiger partial charge in [0.15, 0.2) is 0 Å². The van der Waals surface area contributed by atoms with E-state index < -0.39 is 0 Å². The molecule has 0 aromatic heterocycles. The molecule has 0 amide bonds. The van der Waals surface area contributed by atoms with Gasteiger partial charge in [-0.15, -0.1) is 93.3 Å². The monoisotopic (exact) mass is 628 g/mol. The second-order valence-corrected chi connectivity index (χ2v) is 14.1. The Balaban J connectivity index is 0.000000645.